The van der Waals surface area contributed by atoms with Crippen LogP contribution in [0.25, 0.3) is 10.9 Å². The third-order valence-electron chi connectivity index (χ3n) is 7.34. The zero-order valence-electron chi connectivity index (χ0n) is 16.9. The van der Waals surface area contributed by atoms with Gasteiger partial charge in [-0.05, 0) is 49.9 Å². The van der Waals surface area contributed by atoms with Crippen LogP contribution in [0.5, 0.6) is 5.75 Å². The number of nitrogens with one attached hydrogen (secondary N) is 1. The second-order valence-electron chi connectivity index (χ2n) is 8.62. The molecule has 1 saturated carbocycles. The number of amides is 1. The van der Waals surface area contributed by atoms with Gasteiger partial charge in [0.1, 0.15) is 11.2 Å². The standard InChI is InChI=1S/C22H26N2O5/c1-11(25)15-8-12-10-22(21(27)29-3)18-14(6-7-24(19(15)22)20(12)26)16-9-13(28-2)4-5-17(16)23-18/h4-5,9,11-12,15,19,23,25H,6-8,10H2,1-3H3/t11-,12+,15+,19-,22+/m0/s1. The van der Waals surface area contributed by atoms with Gasteiger partial charge in [-0.2, -0.15) is 0 Å². The Morgan fingerprint density at radius 3 is 2.86 bits per heavy atom. The average Bonchev–Trinajstić information content (AvgIpc) is 3.04. The molecule has 2 saturated heterocycles. The zero-order chi connectivity index (χ0) is 20.5. The summed E-state index contributed by atoms with van der Waals surface area (Å²) < 4.78 is 10.7. The van der Waals surface area contributed by atoms with Gasteiger partial charge in [0.25, 0.3) is 0 Å². The number of H-pyrrole nitrogens is 1. The van der Waals surface area contributed by atoms with Crippen LogP contribution < -0.4 is 4.74 Å². The highest BCUT2D eigenvalue weighted by atomic mass is 16.5. The molecule has 1 aromatic heterocycles. The van der Waals surface area contributed by atoms with E-state index in [9.17, 15) is 14.7 Å². The Kier molecular flexibility index (Phi) is 3.97. The van der Waals surface area contributed by atoms with Gasteiger partial charge in [-0.25, -0.2) is 0 Å². The lowest BCUT2D eigenvalue weighted by atomic mass is 9.55. The quantitative estimate of drug-likeness (QED) is 0.769. The lowest BCUT2D eigenvalue weighted by molar-refractivity contribution is -0.176. The number of benzene rings is 1. The van der Waals surface area contributed by atoms with E-state index in [1.54, 1.807) is 14.0 Å². The number of ether oxygens (including phenoxy) is 2. The van der Waals surface area contributed by atoms with E-state index in [1.807, 2.05) is 23.1 Å². The molecule has 7 nitrogen and oxygen atoms in total. The molecule has 1 aromatic carbocycles. The van der Waals surface area contributed by atoms with E-state index in [0.29, 0.717) is 25.8 Å². The largest absolute Gasteiger partial charge is 0.497 e. The van der Waals surface area contributed by atoms with Crippen molar-refractivity contribution in [1.29, 1.82) is 0 Å². The second-order valence-corrected chi connectivity index (χ2v) is 8.62. The fraction of sp³-hybridized carbons (Fsp3) is 0.545. The zero-order valence-corrected chi connectivity index (χ0v) is 16.9. The number of rotatable bonds is 3. The summed E-state index contributed by atoms with van der Waals surface area (Å²) in [5, 5.41) is 11.5. The average molecular weight is 398 g/mol. The second kappa shape index (κ2) is 6.23. The third-order valence-corrected chi connectivity index (χ3v) is 7.34. The number of nitrogens with zero attached hydrogens (tertiary/aromatic N) is 1. The van der Waals surface area contributed by atoms with Crippen molar-refractivity contribution in [2.45, 2.75) is 43.7 Å². The first kappa shape index (κ1) is 18.5. The molecule has 2 aromatic rings. The van der Waals surface area contributed by atoms with Gasteiger partial charge in [0.05, 0.1) is 26.4 Å². The molecule has 5 atom stereocenters. The van der Waals surface area contributed by atoms with Gasteiger partial charge >= 0.3 is 5.97 Å². The molecule has 4 aliphatic rings. The summed E-state index contributed by atoms with van der Waals surface area (Å²) in [7, 11) is 3.03. The maximum absolute atomic E-state index is 13.4. The predicted octanol–water partition coefficient (Wildman–Crippen LogP) is 1.76. The van der Waals surface area contributed by atoms with E-state index in [2.05, 4.69) is 4.98 Å². The number of hydrogen-bond donors (Lipinski definition) is 2. The lowest BCUT2D eigenvalue weighted by Gasteiger charge is -2.57. The number of hydrogen-bond acceptors (Lipinski definition) is 5. The van der Waals surface area contributed by atoms with Gasteiger partial charge in [-0.15, -0.1) is 0 Å². The summed E-state index contributed by atoms with van der Waals surface area (Å²) in [4.78, 5) is 31.8. The highest BCUT2D eigenvalue weighted by Crippen LogP contribution is 2.56. The molecule has 29 heavy (non-hydrogen) atoms. The van der Waals surface area contributed by atoms with E-state index >= 15 is 0 Å². The molecule has 0 radical (unpaired) electrons. The minimum Gasteiger partial charge on any atom is -0.497 e. The van der Waals surface area contributed by atoms with E-state index in [1.165, 1.54) is 7.11 Å². The van der Waals surface area contributed by atoms with Gasteiger partial charge in [0.2, 0.25) is 5.91 Å². The van der Waals surface area contributed by atoms with E-state index < -0.39 is 17.6 Å². The lowest BCUT2D eigenvalue weighted by Crippen LogP contribution is -2.70. The number of aromatic nitrogens is 1. The molecule has 3 fully saturated rings. The molecule has 0 spiro atoms. The van der Waals surface area contributed by atoms with Gasteiger partial charge in [-0.1, -0.05) is 0 Å². The van der Waals surface area contributed by atoms with Crippen molar-refractivity contribution in [2.75, 3.05) is 20.8 Å². The van der Waals surface area contributed by atoms with Gasteiger partial charge in [0, 0.05) is 35.0 Å². The first-order valence-electron chi connectivity index (χ1n) is 10.2. The Hall–Kier alpha value is -2.54. The van der Waals surface area contributed by atoms with Gasteiger partial charge in [-0.3, -0.25) is 9.59 Å². The molecule has 4 heterocycles. The van der Waals surface area contributed by atoms with Crippen LogP contribution in [0.2, 0.25) is 0 Å². The van der Waals surface area contributed by atoms with E-state index in [0.717, 1.165) is 27.9 Å². The number of piperidine rings is 2. The molecule has 7 heteroatoms. The first-order valence-corrected chi connectivity index (χ1v) is 10.2. The molecule has 0 unspecified atom stereocenters. The first-order chi connectivity index (χ1) is 13.9. The normalized spacial score (nSPS) is 31.4. The molecule has 2 N–H and O–H groups in total. The Labute approximate surface area is 169 Å². The van der Waals surface area contributed by atoms with Crippen LogP contribution in [-0.4, -0.2) is 59.8 Å². The van der Waals surface area contributed by atoms with E-state index in [4.69, 9.17) is 9.47 Å². The Morgan fingerprint density at radius 2 is 2.17 bits per heavy atom. The van der Waals surface area contributed by atoms with Gasteiger partial charge < -0.3 is 24.5 Å². The summed E-state index contributed by atoms with van der Waals surface area (Å²) in [5.74, 6) is 0.0527. The number of aliphatic hydroxyl groups excluding tert-OH is 1. The number of carbonyl (C=O) groups is 2. The van der Waals surface area contributed by atoms with Crippen LogP contribution in [-0.2, 0) is 26.2 Å². The van der Waals surface area contributed by atoms with Crippen molar-refractivity contribution in [1.82, 2.24) is 9.88 Å². The van der Waals surface area contributed by atoms with Crippen molar-refractivity contribution in [2.24, 2.45) is 11.8 Å². The number of fused-ring (bicyclic) bond motifs is 4. The fourth-order valence-corrected chi connectivity index (χ4v) is 6.15. The summed E-state index contributed by atoms with van der Waals surface area (Å²) in [6.45, 7) is 2.28. The number of aromatic amines is 1. The number of carbonyl (C=O) groups excluding carboxylic acids is 2. The van der Waals surface area contributed by atoms with Crippen LogP contribution in [0.3, 0.4) is 0 Å². The monoisotopic (exact) mass is 398 g/mol. The summed E-state index contributed by atoms with van der Waals surface area (Å²) in [6, 6.07) is 5.42. The predicted molar refractivity (Wildman–Crippen MR) is 106 cm³/mol. The fourth-order valence-electron chi connectivity index (χ4n) is 6.15. The van der Waals surface area contributed by atoms with Crippen molar-refractivity contribution < 1.29 is 24.2 Å². The summed E-state index contributed by atoms with van der Waals surface area (Å²) >= 11 is 0. The topological polar surface area (TPSA) is 91.9 Å². The highest BCUT2D eigenvalue weighted by Gasteiger charge is 2.66. The van der Waals surface area contributed by atoms with Crippen LogP contribution >= 0.6 is 0 Å². The molecule has 4 bridgehead atoms. The minimum absolute atomic E-state index is 0.0958. The van der Waals surface area contributed by atoms with Crippen molar-refractivity contribution in [3.05, 3.63) is 29.5 Å². The minimum atomic E-state index is -0.995. The van der Waals surface area contributed by atoms with Crippen LogP contribution in [0.4, 0.5) is 0 Å². The van der Waals surface area contributed by atoms with Crippen LogP contribution in [0.1, 0.15) is 31.0 Å². The number of methoxy groups -OCH3 is 2. The van der Waals surface area contributed by atoms with Crippen LogP contribution in [0.15, 0.2) is 18.2 Å². The maximum Gasteiger partial charge on any atom is 0.319 e. The van der Waals surface area contributed by atoms with Crippen molar-refractivity contribution in [3.63, 3.8) is 0 Å². The third kappa shape index (κ3) is 2.28. The maximum atomic E-state index is 13.4. The molecular weight excluding hydrogens is 372 g/mol. The Morgan fingerprint density at radius 1 is 1.38 bits per heavy atom. The van der Waals surface area contributed by atoms with E-state index in [-0.39, 0.29) is 23.7 Å². The molecular formula is C22H26N2O5. The summed E-state index contributed by atoms with van der Waals surface area (Å²) in [5.41, 5.74) is 1.82. The SMILES string of the molecule is COC(=O)[C@@]12C[C@H]3C[C@H]([C@H](C)O)[C@@H]1N(CCc1c2[nH]c2ccc(OC)cc12)C3=O. The van der Waals surface area contributed by atoms with Crippen LogP contribution in [0, 0.1) is 11.8 Å². The number of aliphatic hydroxyl groups is 1. The molecule has 154 valence electrons. The number of esters is 1. The smallest absolute Gasteiger partial charge is 0.319 e. The Bertz CT molecular complexity index is 1010. The molecule has 3 aliphatic heterocycles. The van der Waals surface area contributed by atoms with Gasteiger partial charge in [0.15, 0.2) is 0 Å². The molecule has 1 amide bonds. The summed E-state index contributed by atoms with van der Waals surface area (Å²) in [6.07, 6.45) is 1.05. The van der Waals surface area contributed by atoms with Crippen molar-refractivity contribution >= 4 is 22.8 Å². The van der Waals surface area contributed by atoms with Crippen molar-refractivity contribution in [3.8, 4) is 5.75 Å². The molecule has 1 aliphatic carbocycles. The Balaban J connectivity index is 1.81. The molecule has 6 rings (SSSR count). The highest BCUT2D eigenvalue weighted by molar-refractivity contribution is 5.95.